The number of allylic oxidation sites excluding steroid dienone is 1. The van der Waals surface area contributed by atoms with Gasteiger partial charge in [0.25, 0.3) is 0 Å². The number of halogens is 3. The first-order chi connectivity index (χ1) is 14.2. The summed E-state index contributed by atoms with van der Waals surface area (Å²) >= 11 is 18.7. The lowest BCUT2D eigenvalue weighted by molar-refractivity contribution is 0.0821. The van der Waals surface area contributed by atoms with Crippen molar-refractivity contribution in [1.82, 2.24) is 9.78 Å². The molecule has 0 aliphatic heterocycles. The summed E-state index contributed by atoms with van der Waals surface area (Å²) in [6, 6.07) is 12.7. The Morgan fingerprint density at radius 3 is 2.33 bits per heavy atom. The number of carbonyl (C=O) groups is 1. The van der Waals surface area contributed by atoms with Crippen LogP contribution in [0.15, 0.2) is 55.1 Å². The molecule has 0 fully saturated rings. The van der Waals surface area contributed by atoms with E-state index in [1.807, 2.05) is 51.1 Å². The Labute approximate surface area is 192 Å². The Bertz CT molecular complexity index is 1100. The Morgan fingerprint density at radius 2 is 1.73 bits per heavy atom. The smallest absolute Gasteiger partial charge is 0.188 e. The van der Waals surface area contributed by atoms with Gasteiger partial charge in [-0.2, -0.15) is 5.10 Å². The van der Waals surface area contributed by atoms with E-state index in [0.29, 0.717) is 32.9 Å². The normalized spacial score (nSPS) is 11.5. The second-order valence-electron chi connectivity index (χ2n) is 7.88. The summed E-state index contributed by atoms with van der Waals surface area (Å²) in [5.74, 6) is -0.0131. The van der Waals surface area contributed by atoms with Crippen molar-refractivity contribution in [3.05, 3.63) is 81.4 Å². The standard InChI is InChI=1S/C24H23Cl3N2O/c1-5-6-13-24(3,4)23(30)21-15(2)22(16-7-9-17(25)10-8-16)29(28-21)20-12-11-18(26)14-19(20)27/h5,7-12,14H,1,6,13H2,2-4H3. The predicted molar refractivity (Wildman–Crippen MR) is 126 cm³/mol. The molecule has 3 nitrogen and oxygen atoms in total. The maximum absolute atomic E-state index is 13.4. The van der Waals surface area contributed by atoms with Gasteiger partial charge in [-0.3, -0.25) is 4.79 Å². The minimum absolute atomic E-state index is 0.0131. The molecule has 6 heteroatoms. The van der Waals surface area contributed by atoms with E-state index in [2.05, 4.69) is 6.58 Å². The monoisotopic (exact) mass is 460 g/mol. The van der Waals surface area contributed by atoms with E-state index in [9.17, 15) is 4.79 Å². The molecule has 0 atom stereocenters. The Balaban J connectivity index is 2.23. The van der Waals surface area contributed by atoms with E-state index in [0.717, 1.165) is 23.2 Å². The second kappa shape index (κ2) is 8.97. The van der Waals surface area contributed by atoms with E-state index in [4.69, 9.17) is 39.9 Å². The van der Waals surface area contributed by atoms with E-state index < -0.39 is 5.41 Å². The van der Waals surface area contributed by atoms with Crippen molar-refractivity contribution in [2.24, 2.45) is 5.41 Å². The molecule has 0 bridgehead atoms. The van der Waals surface area contributed by atoms with Crippen LogP contribution in [-0.2, 0) is 0 Å². The molecule has 0 saturated heterocycles. The van der Waals surface area contributed by atoms with Crippen LogP contribution in [-0.4, -0.2) is 15.6 Å². The van der Waals surface area contributed by atoms with Gasteiger partial charge in [0.2, 0.25) is 0 Å². The maximum atomic E-state index is 13.4. The van der Waals surface area contributed by atoms with E-state index in [1.165, 1.54) is 0 Å². The lowest BCUT2D eigenvalue weighted by Gasteiger charge is -2.21. The lowest BCUT2D eigenvalue weighted by atomic mass is 9.81. The van der Waals surface area contributed by atoms with Crippen LogP contribution in [0.25, 0.3) is 16.9 Å². The van der Waals surface area contributed by atoms with Crippen LogP contribution in [0.4, 0.5) is 0 Å². The van der Waals surface area contributed by atoms with Crippen molar-refractivity contribution in [2.45, 2.75) is 33.6 Å². The van der Waals surface area contributed by atoms with Crippen molar-refractivity contribution in [1.29, 1.82) is 0 Å². The molecule has 2 aromatic carbocycles. The molecule has 30 heavy (non-hydrogen) atoms. The van der Waals surface area contributed by atoms with Gasteiger partial charge in [-0.1, -0.05) is 66.9 Å². The fraction of sp³-hybridized carbons (Fsp3) is 0.250. The van der Waals surface area contributed by atoms with E-state index in [1.54, 1.807) is 22.9 Å². The SMILES string of the molecule is C=CCCC(C)(C)C(=O)c1nn(-c2ccc(Cl)cc2Cl)c(-c2ccc(Cl)cc2)c1C. The molecule has 3 aromatic rings. The summed E-state index contributed by atoms with van der Waals surface area (Å²) in [6.45, 7) is 9.56. The fourth-order valence-electron chi connectivity index (χ4n) is 3.38. The zero-order valence-electron chi connectivity index (χ0n) is 17.2. The van der Waals surface area contributed by atoms with Crippen molar-refractivity contribution < 1.29 is 4.79 Å². The molecule has 0 amide bonds. The third-order valence-corrected chi connectivity index (χ3v) is 5.97. The first-order valence-electron chi connectivity index (χ1n) is 9.62. The van der Waals surface area contributed by atoms with Crippen molar-refractivity contribution in [3.63, 3.8) is 0 Å². The summed E-state index contributed by atoms with van der Waals surface area (Å²) < 4.78 is 1.72. The van der Waals surface area contributed by atoms with Crippen molar-refractivity contribution in [2.75, 3.05) is 0 Å². The summed E-state index contributed by atoms with van der Waals surface area (Å²) in [4.78, 5) is 13.4. The van der Waals surface area contributed by atoms with E-state index >= 15 is 0 Å². The van der Waals surface area contributed by atoms with Crippen molar-refractivity contribution in [3.8, 4) is 16.9 Å². The highest BCUT2D eigenvalue weighted by atomic mass is 35.5. The molecular weight excluding hydrogens is 439 g/mol. The quantitative estimate of drug-likeness (QED) is 0.264. The molecule has 0 unspecified atom stereocenters. The van der Waals surface area contributed by atoms with Crippen LogP contribution >= 0.6 is 34.8 Å². The van der Waals surface area contributed by atoms with Gasteiger partial charge in [-0.15, -0.1) is 6.58 Å². The molecule has 0 N–H and O–H groups in total. The number of benzene rings is 2. The lowest BCUT2D eigenvalue weighted by Crippen LogP contribution is -2.25. The average molecular weight is 462 g/mol. The van der Waals surface area contributed by atoms with Gasteiger partial charge in [0.15, 0.2) is 5.78 Å². The van der Waals surface area contributed by atoms with Gasteiger partial charge in [0, 0.05) is 26.6 Å². The van der Waals surface area contributed by atoms with Crippen molar-refractivity contribution >= 4 is 40.6 Å². The topological polar surface area (TPSA) is 34.9 Å². The largest absolute Gasteiger partial charge is 0.292 e. The number of rotatable bonds is 7. The molecule has 0 aliphatic rings. The number of Topliss-reactive ketones (excluding diaryl/α,β-unsaturated/α-hetero) is 1. The highest BCUT2D eigenvalue weighted by Crippen LogP contribution is 2.36. The minimum Gasteiger partial charge on any atom is -0.292 e. The van der Waals surface area contributed by atoms with Crippen LogP contribution < -0.4 is 0 Å². The van der Waals surface area contributed by atoms with Crippen LogP contribution in [0.1, 0.15) is 42.7 Å². The Kier molecular flexibility index (Phi) is 6.76. The summed E-state index contributed by atoms with van der Waals surface area (Å²) in [6.07, 6.45) is 3.28. The van der Waals surface area contributed by atoms with Crippen LogP contribution in [0.2, 0.25) is 15.1 Å². The summed E-state index contributed by atoms with van der Waals surface area (Å²) in [7, 11) is 0. The summed E-state index contributed by atoms with van der Waals surface area (Å²) in [5.41, 5.74) is 2.98. The number of hydrogen-bond donors (Lipinski definition) is 0. The molecule has 1 heterocycles. The summed E-state index contributed by atoms with van der Waals surface area (Å²) in [5, 5.41) is 6.34. The average Bonchev–Trinajstić information content (AvgIpc) is 3.03. The molecule has 0 aliphatic carbocycles. The zero-order chi connectivity index (χ0) is 22.1. The fourth-order valence-corrected chi connectivity index (χ4v) is 4.00. The van der Waals surface area contributed by atoms with Gasteiger partial charge in [-0.25, -0.2) is 4.68 Å². The van der Waals surface area contributed by atoms with Gasteiger partial charge >= 0.3 is 0 Å². The Morgan fingerprint density at radius 1 is 1.10 bits per heavy atom. The number of ketones is 1. The van der Waals surface area contributed by atoms with Gasteiger partial charge < -0.3 is 0 Å². The number of hydrogen-bond acceptors (Lipinski definition) is 2. The first kappa shape index (κ1) is 22.6. The molecule has 0 saturated carbocycles. The molecule has 3 rings (SSSR count). The third-order valence-electron chi connectivity index (χ3n) is 5.18. The van der Waals surface area contributed by atoms with Gasteiger partial charge in [0.1, 0.15) is 5.69 Å². The molecule has 0 spiro atoms. The first-order valence-corrected chi connectivity index (χ1v) is 10.8. The number of carbonyl (C=O) groups excluding carboxylic acids is 1. The molecule has 1 aromatic heterocycles. The molecular formula is C24H23Cl3N2O. The second-order valence-corrected chi connectivity index (χ2v) is 9.16. The van der Waals surface area contributed by atoms with Crippen LogP contribution in [0, 0.1) is 12.3 Å². The highest BCUT2D eigenvalue weighted by Gasteiger charge is 2.33. The third kappa shape index (κ3) is 4.49. The van der Waals surface area contributed by atoms with E-state index in [-0.39, 0.29) is 5.78 Å². The number of nitrogens with zero attached hydrogens (tertiary/aromatic N) is 2. The number of aromatic nitrogens is 2. The van der Waals surface area contributed by atoms with Crippen LogP contribution in [0.5, 0.6) is 0 Å². The highest BCUT2D eigenvalue weighted by molar-refractivity contribution is 6.35. The Hall–Kier alpha value is -2.07. The molecule has 156 valence electrons. The van der Waals surface area contributed by atoms with Crippen LogP contribution in [0.3, 0.4) is 0 Å². The minimum atomic E-state index is -0.570. The zero-order valence-corrected chi connectivity index (χ0v) is 19.4. The maximum Gasteiger partial charge on any atom is 0.188 e. The molecule has 0 radical (unpaired) electrons. The van der Waals surface area contributed by atoms with Gasteiger partial charge in [0.05, 0.1) is 16.4 Å². The van der Waals surface area contributed by atoms with Gasteiger partial charge in [-0.05, 0) is 50.1 Å². The predicted octanol–water partition coefficient (Wildman–Crippen LogP) is 7.98.